The van der Waals surface area contributed by atoms with Crippen LogP contribution in [-0.4, -0.2) is 49.3 Å². The lowest BCUT2D eigenvalue weighted by atomic mass is 9.87. The number of hydrogen-bond donors (Lipinski definition) is 1. The van der Waals surface area contributed by atoms with Gasteiger partial charge in [-0.15, -0.1) is 0 Å². The van der Waals surface area contributed by atoms with Crippen LogP contribution in [0.15, 0.2) is 18.2 Å². The van der Waals surface area contributed by atoms with Crippen molar-refractivity contribution in [3.8, 4) is 0 Å². The highest BCUT2D eigenvalue weighted by Crippen LogP contribution is 2.34. The summed E-state index contributed by atoms with van der Waals surface area (Å²) in [4.78, 5) is 7.44. The lowest BCUT2D eigenvalue weighted by Gasteiger charge is -2.40. The molecule has 0 bridgehead atoms. The number of ether oxygens (including phenoxy) is 1. The summed E-state index contributed by atoms with van der Waals surface area (Å²) in [6, 6.07) is 6.89. The number of rotatable bonds is 3. The molecule has 2 aliphatic rings. The van der Waals surface area contributed by atoms with Crippen LogP contribution in [-0.2, 0) is 4.74 Å². The Hall–Kier alpha value is -0.970. The van der Waals surface area contributed by atoms with Crippen molar-refractivity contribution in [2.75, 3.05) is 39.4 Å². The molecule has 0 unspecified atom stereocenters. The molecule has 1 aromatic heterocycles. The molecule has 0 spiro atoms. The van der Waals surface area contributed by atoms with E-state index in [1.807, 2.05) is 0 Å². The molecule has 1 aromatic rings. The molecule has 3 rings (SSSR count). The highest BCUT2D eigenvalue weighted by atomic mass is 16.5. The summed E-state index contributed by atoms with van der Waals surface area (Å²) in [7, 11) is 0. The van der Waals surface area contributed by atoms with Crippen molar-refractivity contribution in [3.05, 3.63) is 29.6 Å². The van der Waals surface area contributed by atoms with Crippen molar-refractivity contribution in [1.29, 1.82) is 0 Å². The highest BCUT2D eigenvalue weighted by Gasteiger charge is 2.32. The van der Waals surface area contributed by atoms with Crippen LogP contribution in [0, 0.1) is 12.8 Å². The minimum atomic E-state index is 0.459. The van der Waals surface area contributed by atoms with Crippen molar-refractivity contribution >= 4 is 0 Å². The number of aromatic nitrogens is 1. The topological polar surface area (TPSA) is 37.4 Å². The Morgan fingerprint density at radius 1 is 1.25 bits per heavy atom. The minimum absolute atomic E-state index is 0.459. The molecule has 4 nitrogen and oxygen atoms in total. The van der Waals surface area contributed by atoms with Gasteiger partial charge in [-0.2, -0.15) is 0 Å². The molecule has 0 radical (unpaired) electrons. The second-order valence-electron chi connectivity index (χ2n) is 5.88. The van der Waals surface area contributed by atoms with E-state index in [0.717, 1.165) is 57.9 Å². The fourth-order valence-corrected chi connectivity index (χ4v) is 3.45. The van der Waals surface area contributed by atoms with Gasteiger partial charge in [-0.1, -0.05) is 6.07 Å². The van der Waals surface area contributed by atoms with E-state index in [1.165, 1.54) is 5.69 Å². The van der Waals surface area contributed by atoms with Crippen molar-refractivity contribution in [3.63, 3.8) is 0 Å². The lowest BCUT2D eigenvalue weighted by molar-refractivity contribution is 0.0200. The van der Waals surface area contributed by atoms with Crippen LogP contribution in [0.2, 0.25) is 0 Å². The van der Waals surface area contributed by atoms with Crippen LogP contribution in [0.1, 0.15) is 30.3 Å². The Kier molecular flexibility index (Phi) is 4.65. The number of hydrogen-bond acceptors (Lipinski definition) is 4. The van der Waals surface area contributed by atoms with Crippen molar-refractivity contribution in [2.45, 2.75) is 25.8 Å². The first kappa shape index (κ1) is 14.0. The molecular weight excluding hydrogens is 250 g/mol. The minimum Gasteiger partial charge on any atom is -0.381 e. The van der Waals surface area contributed by atoms with Gasteiger partial charge in [-0.25, -0.2) is 0 Å². The van der Waals surface area contributed by atoms with Crippen LogP contribution >= 0.6 is 0 Å². The summed E-state index contributed by atoms with van der Waals surface area (Å²) in [6.45, 7) is 8.31. The van der Waals surface area contributed by atoms with Gasteiger partial charge in [0.2, 0.25) is 0 Å². The van der Waals surface area contributed by atoms with Gasteiger partial charge >= 0.3 is 0 Å². The average Bonchev–Trinajstić information content (AvgIpc) is 2.50. The molecule has 3 heterocycles. The Morgan fingerprint density at radius 3 is 2.70 bits per heavy atom. The van der Waals surface area contributed by atoms with Crippen LogP contribution in [0.4, 0.5) is 0 Å². The van der Waals surface area contributed by atoms with Crippen LogP contribution in [0.3, 0.4) is 0 Å². The van der Waals surface area contributed by atoms with Crippen molar-refractivity contribution in [1.82, 2.24) is 15.2 Å². The SMILES string of the molecule is Cc1cccc([C@H](C2CCOCC2)N2CCNCC2)n1. The summed E-state index contributed by atoms with van der Waals surface area (Å²) in [5.41, 5.74) is 2.37. The van der Waals surface area contributed by atoms with E-state index in [9.17, 15) is 0 Å². The smallest absolute Gasteiger partial charge is 0.0581 e. The zero-order valence-electron chi connectivity index (χ0n) is 12.3. The van der Waals surface area contributed by atoms with Crippen molar-refractivity contribution < 1.29 is 4.74 Å². The molecule has 0 aliphatic carbocycles. The Morgan fingerprint density at radius 2 is 2.00 bits per heavy atom. The molecule has 20 heavy (non-hydrogen) atoms. The summed E-state index contributed by atoms with van der Waals surface area (Å²) >= 11 is 0. The summed E-state index contributed by atoms with van der Waals surface area (Å²) in [6.07, 6.45) is 2.31. The maximum Gasteiger partial charge on any atom is 0.0581 e. The number of pyridine rings is 1. The summed E-state index contributed by atoms with van der Waals surface area (Å²) in [5, 5.41) is 3.45. The quantitative estimate of drug-likeness (QED) is 0.912. The molecule has 0 amide bonds. The zero-order valence-corrected chi connectivity index (χ0v) is 12.3. The summed E-state index contributed by atoms with van der Waals surface area (Å²) in [5.74, 6) is 0.677. The third kappa shape index (κ3) is 3.19. The Bertz CT molecular complexity index is 407. The van der Waals surface area contributed by atoms with Gasteiger partial charge in [-0.3, -0.25) is 9.88 Å². The van der Waals surface area contributed by atoms with Crippen LogP contribution in [0.25, 0.3) is 0 Å². The monoisotopic (exact) mass is 275 g/mol. The van der Waals surface area contributed by atoms with E-state index >= 15 is 0 Å². The van der Waals surface area contributed by atoms with Gasteiger partial charge in [0.05, 0.1) is 11.7 Å². The van der Waals surface area contributed by atoms with Crippen molar-refractivity contribution in [2.24, 2.45) is 5.92 Å². The lowest BCUT2D eigenvalue weighted by Crippen LogP contribution is -2.47. The third-order valence-electron chi connectivity index (χ3n) is 4.47. The van der Waals surface area contributed by atoms with Gasteiger partial charge in [0, 0.05) is 45.1 Å². The van der Waals surface area contributed by atoms with Gasteiger partial charge < -0.3 is 10.1 Å². The zero-order chi connectivity index (χ0) is 13.8. The number of aryl methyl sites for hydroxylation is 1. The van der Waals surface area contributed by atoms with Crippen LogP contribution in [0.5, 0.6) is 0 Å². The number of piperazine rings is 1. The van der Waals surface area contributed by atoms with Gasteiger partial charge in [0.1, 0.15) is 0 Å². The molecule has 2 fully saturated rings. The molecule has 2 saturated heterocycles. The Labute approximate surface area is 121 Å². The first-order chi connectivity index (χ1) is 9.84. The summed E-state index contributed by atoms with van der Waals surface area (Å²) < 4.78 is 5.55. The molecule has 4 heteroatoms. The largest absolute Gasteiger partial charge is 0.381 e. The third-order valence-corrected chi connectivity index (χ3v) is 4.47. The molecule has 1 atom stereocenters. The van der Waals surface area contributed by atoms with E-state index in [0.29, 0.717) is 12.0 Å². The molecule has 0 saturated carbocycles. The molecule has 1 N–H and O–H groups in total. The van der Waals surface area contributed by atoms with E-state index < -0.39 is 0 Å². The first-order valence-corrected chi connectivity index (χ1v) is 7.80. The number of nitrogens with zero attached hydrogens (tertiary/aromatic N) is 2. The first-order valence-electron chi connectivity index (χ1n) is 7.80. The van der Waals surface area contributed by atoms with E-state index in [-0.39, 0.29) is 0 Å². The van der Waals surface area contributed by atoms with E-state index in [4.69, 9.17) is 9.72 Å². The number of nitrogens with one attached hydrogen (secondary N) is 1. The fourth-order valence-electron chi connectivity index (χ4n) is 3.45. The van der Waals surface area contributed by atoms with Crippen LogP contribution < -0.4 is 5.32 Å². The highest BCUT2D eigenvalue weighted by molar-refractivity contribution is 5.15. The van der Waals surface area contributed by atoms with E-state index in [2.05, 4.69) is 35.3 Å². The average molecular weight is 275 g/mol. The maximum absolute atomic E-state index is 5.55. The van der Waals surface area contributed by atoms with Gasteiger partial charge in [0.25, 0.3) is 0 Å². The molecular formula is C16H25N3O. The maximum atomic E-state index is 5.55. The predicted octanol–water partition coefficient (Wildman–Crippen LogP) is 1.76. The van der Waals surface area contributed by atoms with Gasteiger partial charge in [0.15, 0.2) is 0 Å². The molecule has 0 aromatic carbocycles. The second-order valence-corrected chi connectivity index (χ2v) is 5.88. The normalized spacial score (nSPS) is 23.6. The predicted molar refractivity (Wildman–Crippen MR) is 79.7 cm³/mol. The Balaban J connectivity index is 1.85. The standard InChI is InChI=1S/C16H25N3O/c1-13-3-2-4-15(18-13)16(14-5-11-20-12-6-14)19-9-7-17-8-10-19/h2-4,14,16-17H,5-12H2,1H3/t16-/m0/s1. The molecule has 110 valence electrons. The second kappa shape index (κ2) is 6.66. The fraction of sp³-hybridized carbons (Fsp3) is 0.688. The van der Waals surface area contributed by atoms with E-state index in [1.54, 1.807) is 0 Å². The molecule has 2 aliphatic heterocycles. The van der Waals surface area contributed by atoms with Gasteiger partial charge in [-0.05, 0) is 37.8 Å².